The standard InChI is InChI=1S/C28H31N3O3S2/c1-20-7-6-16-30(18-20)24-12-10-23(11-13-24)21(2)29-36(33,34)25-14-15-26-27(17-25)35-28(32)31(26)19-22-8-4-3-5-9-22/h3-5,8-15,17,20-21,29H,6-7,16,18-19H2,1-2H3/t20-,21-/m0/s1. The van der Waals surface area contributed by atoms with E-state index in [9.17, 15) is 13.2 Å². The van der Waals surface area contributed by atoms with Gasteiger partial charge in [0.25, 0.3) is 0 Å². The Bertz CT molecular complexity index is 1510. The number of benzene rings is 3. The third-order valence-corrected chi connectivity index (χ3v) is 9.36. The van der Waals surface area contributed by atoms with Crippen molar-refractivity contribution in [2.75, 3.05) is 18.0 Å². The fraction of sp³-hybridized carbons (Fsp3) is 0.321. The number of aromatic nitrogens is 1. The second-order valence-corrected chi connectivity index (χ2v) is 12.4. The largest absolute Gasteiger partial charge is 0.371 e. The highest BCUT2D eigenvalue weighted by molar-refractivity contribution is 7.89. The maximum atomic E-state index is 13.2. The topological polar surface area (TPSA) is 71.4 Å². The molecule has 1 N–H and O–H groups in total. The van der Waals surface area contributed by atoms with Crippen LogP contribution in [0.15, 0.2) is 82.5 Å². The Kier molecular flexibility index (Phi) is 7.01. The van der Waals surface area contributed by atoms with Crippen molar-refractivity contribution in [2.45, 2.75) is 44.2 Å². The summed E-state index contributed by atoms with van der Waals surface area (Å²) in [5, 5.41) is 0. The SMILES string of the molecule is C[C@H]1CCCN(c2ccc([C@H](C)NS(=O)(=O)c3ccc4c(c3)sc(=O)n4Cc3ccccc3)cc2)C1. The number of sulfonamides is 1. The van der Waals surface area contributed by atoms with E-state index < -0.39 is 10.0 Å². The van der Waals surface area contributed by atoms with Crippen molar-refractivity contribution in [3.63, 3.8) is 0 Å². The number of anilines is 1. The monoisotopic (exact) mass is 521 g/mol. The van der Waals surface area contributed by atoms with Gasteiger partial charge in [-0.3, -0.25) is 9.36 Å². The number of hydrogen-bond acceptors (Lipinski definition) is 5. The van der Waals surface area contributed by atoms with Crippen molar-refractivity contribution in [1.29, 1.82) is 0 Å². The van der Waals surface area contributed by atoms with Gasteiger partial charge in [-0.2, -0.15) is 0 Å². The molecular formula is C28H31N3O3S2. The summed E-state index contributed by atoms with van der Waals surface area (Å²) in [7, 11) is -3.76. The number of thiazole rings is 1. The summed E-state index contributed by atoms with van der Waals surface area (Å²) in [6.45, 7) is 6.71. The number of piperidine rings is 1. The minimum absolute atomic E-state index is 0.104. The smallest absolute Gasteiger partial charge is 0.308 e. The predicted molar refractivity (Wildman–Crippen MR) is 147 cm³/mol. The number of nitrogens with zero attached hydrogens (tertiary/aromatic N) is 2. The Morgan fingerprint density at radius 1 is 1.06 bits per heavy atom. The number of fused-ring (bicyclic) bond motifs is 1. The number of rotatable bonds is 7. The quantitative estimate of drug-likeness (QED) is 0.354. The maximum absolute atomic E-state index is 13.2. The van der Waals surface area contributed by atoms with Crippen molar-refractivity contribution in [1.82, 2.24) is 9.29 Å². The van der Waals surface area contributed by atoms with Gasteiger partial charge in [0.2, 0.25) is 10.0 Å². The Balaban J connectivity index is 1.33. The summed E-state index contributed by atoms with van der Waals surface area (Å²) in [4.78, 5) is 15.1. The van der Waals surface area contributed by atoms with Crippen LogP contribution in [0.1, 0.15) is 43.9 Å². The van der Waals surface area contributed by atoms with Gasteiger partial charge in [0.1, 0.15) is 0 Å². The molecule has 2 heterocycles. The van der Waals surface area contributed by atoms with Gasteiger partial charge >= 0.3 is 4.87 Å². The molecule has 1 aliphatic rings. The molecule has 36 heavy (non-hydrogen) atoms. The van der Waals surface area contributed by atoms with Gasteiger partial charge in [0.15, 0.2) is 0 Å². The molecule has 5 rings (SSSR count). The molecule has 0 spiro atoms. The van der Waals surface area contributed by atoms with Gasteiger partial charge in [-0.05, 0) is 67.1 Å². The molecule has 188 valence electrons. The van der Waals surface area contributed by atoms with E-state index in [2.05, 4.69) is 28.7 Å². The van der Waals surface area contributed by atoms with Crippen LogP contribution in [0, 0.1) is 5.92 Å². The molecule has 1 aliphatic heterocycles. The lowest BCUT2D eigenvalue weighted by Crippen LogP contribution is -2.34. The van der Waals surface area contributed by atoms with Gasteiger partial charge in [0.05, 0.1) is 21.7 Å². The normalized spacial score (nSPS) is 17.4. The summed E-state index contributed by atoms with van der Waals surface area (Å²) in [6, 6.07) is 22.4. The van der Waals surface area contributed by atoms with E-state index in [0.29, 0.717) is 17.2 Å². The minimum Gasteiger partial charge on any atom is -0.371 e. The first-order valence-electron chi connectivity index (χ1n) is 12.3. The third-order valence-electron chi connectivity index (χ3n) is 6.88. The zero-order valence-electron chi connectivity index (χ0n) is 20.6. The number of nitrogens with one attached hydrogen (secondary N) is 1. The predicted octanol–water partition coefficient (Wildman–Crippen LogP) is 5.39. The summed E-state index contributed by atoms with van der Waals surface area (Å²) in [6.07, 6.45) is 2.47. The first-order chi connectivity index (χ1) is 17.3. The van der Waals surface area contributed by atoms with E-state index in [-0.39, 0.29) is 15.8 Å². The molecule has 0 unspecified atom stereocenters. The molecule has 1 fully saturated rings. The van der Waals surface area contributed by atoms with Crippen molar-refractivity contribution >= 4 is 37.3 Å². The van der Waals surface area contributed by atoms with Gasteiger partial charge < -0.3 is 4.90 Å². The van der Waals surface area contributed by atoms with Crippen LogP contribution in [0.25, 0.3) is 10.2 Å². The fourth-order valence-corrected chi connectivity index (χ4v) is 7.16. The van der Waals surface area contributed by atoms with E-state index in [4.69, 9.17) is 0 Å². The number of hydrogen-bond donors (Lipinski definition) is 1. The van der Waals surface area contributed by atoms with Crippen LogP contribution < -0.4 is 14.5 Å². The molecule has 0 amide bonds. The summed E-state index contributed by atoms with van der Waals surface area (Å²) in [5.74, 6) is 0.690. The first kappa shape index (κ1) is 24.7. The van der Waals surface area contributed by atoms with Crippen molar-refractivity contribution < 1.29 is 8.42 Å². The van der Waals surface area contributed by atoms with E-state index in [1.807, 2.05) is 49.4 Å². The lowest BCUT2D eigenvalue weighted by atomic mass is 9.99. The molecule has 6 nitrogen and oxygen atoms in total. The molecule has 0 radical (unpaired) electrons. The van der Waals surface area contributed by atoms with E-state index in [1.165, 1.54) is 18.5 Å². The molecule has 2 atom stereocenters. The van der Waals surface area contributed by atoms with Gasteiger partial charge in [0, 0.05) is 24.8 Å². The van der Waals surface area contributed by atoms with Crippen molar-refractivity contribution in [3.05, 3.63) is 93.6 Å². The molecular weight excluding hydrogens is 490 g/mol. The van der Waals surface area contributed by atoms with Crippen LogP contribution in [-0.4, -0.2) is 26.1 Å². The van der Waals surface area contributed by atoms with Crippen molar-refractivity contribution in [3.8, 4) is 0 Å². The third kappa shape index (κ3) is 5.26. The highest BCUT2D eigenvalue weighted by Crippen LogP contribution is 2.27. The van der Waals surface area contributed by atoms with Crippen LogP contribution in [0.3, 0.4) is 0 Å². The summed E-state index contributed by atoms with van der Waals surface area (Å²) >= 11 is 1.07. The zero-order valence-corrected chi connectivity index (χ0v) is 22.2. The van der Waals surface area contributed by atoms with Crippen LogP contribution in [0.5, 0.6) is 0 Å². The molecule has 0 aliphatic carbocycles. The highest BCUT2D eigenvalue weighted by Gasteiger charge is 2.21. The molecule has 1 aromatic heterocycles. The molecule has 0 saturated carbocycles. The second-order valence-electron chi connectivity index (χ2n) is 9.70. The van der Waals surface area contributed by atoms with E-state index >= 15 is 0 Å². The Morgan fingerprint density at radius 3 is 2.53 bits per heavy atom. The highest BCUT2D eigenvalue weighted by atomic mass is 32.2. The second kappa shape index (κ2) is 10.2. The van der Waals surface area contributed by atoms with Crippen molar-refractivity contribution in [2.24, 2.45) is 5.92 Å². The van der Waals surface area contributed by atoms with Crippen LogP contribution in [-0.2, 0) is 16.6 Å². The lowest BCUT2D eigenvalue weighted by molar-refractivity contribution is 0.447. The summed E-state index contributed by atoms with van der Waals surface area (Å²) in [5.41, 5.74) is 3.85. The molecule has 0 bridgehead atoms. The van der Waals surface area contributed by atoms with Gasteiger partial charge in [-0.15, -0.1) is 0 Å². The summed E-state index contributed by atoms with van der Waals surface area (Å²) < 4.78 is 31.5. The van der Waals surface area contributed by atoms with E-state index in [1.54, 1.807) is 22.8 Å². The molecule has 4 aromatic rings. The minimum atomic E-state index is -3.76. The Labute approximate surface area is 216 Å². The maximum Gasteiger partial charge on any atom is 0.308 e. The molecule has 3 aromatic carbocycles. The van der Waals surface area contributed by atoms with Crippen LogP contribution in [0.4, 0.5) is 5.69 Å². The van der Waals surface area contributed by atoms with Crippen LogP contribution >= 0.6 is 11.3 Å². The van der Waals surface area contributed by atoms with E-state index in [0.717, 1.165) is 41.1 Å². The first-order valence-corrected chi connectivity index (χ1v) is 14.6. The Morgan fingerprint density at radius 2 is 1.81 bits per heavy atom. The molecule has 8 heteroatoms. The Hall–Kier alpha value is -2.94. The molecule has 1 saturated heterocycles. The fourth-order valence-electron chi connectivity index (χ4n) is 4.90. The average molecular weight is 522 g/mol. The van der Waals surface area contributed by atoms with Crippen LogP contribution in [0.2, 0.25) is 0 Å². The zero-order chi connectivity index (χ0) is 25.3. The van der Waals surface area contributed by atoms with Gasteiger partial charge in [-0.25, -0.2) is 13.1 Å². The average Bonchev–Trinajstić information content (AvgIpc) is 3.18. The van der Waals surface area contributed by atoms with Gasteiger partial charge in [-0.1, -0.05) is 60.7 Å². The lowest BCUT2D eigenvalue weighted by Gasteiger charge is -2.33.